The molecule has 5 heteroatoms. The minimum absolute atomic E-state index is 0.220. The molecule has 0 atom stereocenters. The number of hydrogen-bond donors (Lipinski definition) is 3. The Kier molecular flexibility index (Phi) is 6.15. The molecule has 1 aromatic heterocycles. The number of nitrogens with zero attached hydrogens (tertiary/aromatic N) is 1. The monoisotopic (exact) mass is 269 g/mol. The number of thiophene rings is 1. The molecule has 18 heavy (non-hydrogen) atoms. The molecule has 1 rings (SSSR count). The van der Waals surface area contributed by atoms with Crippen molar-refractivity contribution in [2.24, 2.45) is 16.3 Å². The number of rotatable bonds is 8. The summed E-state index contributed by atoms with van der Waals surface area (Å²) in [5.41, 5.74) is 5.42. The number of nitrogens with one attached hydrogen (secondary N) is 1. The van der Waals surface area contributed by atoms with Crippen LogP contribution in [0.1, 0.15) is 38.0 Å². The molecule has 0 aromatic carbocycles. The minimum atomic E-state index is -0.220. The van der Waals surface area contributed by atoms with Gasteiger partial charge in [-0.25, -0.2) is 0 Å². The summed E-state index contributed by atoms with van der Waals surface area (Å²) in [5, 5.41) is 17.3. The predicted molar refractivity (Wildman–Crippen MR) is 77.1 cm³/mol. The van der Waals surface area contributed by atoms with Gasteiger partial charge in [-0.05, 0) is 30.8 Å². The molecule has 4 N–H and O–H groups in total. The van der Waals surface area contributed by atoms with E-state index < -0.39 is 0 Å². The molecule has 0 unspecified atom stereocenters. The van der Waals surface area contributed by atoms with Crippen LogP contribution in [0.2, 0.25) is 0 Å². The fourth-order valence-electron chi connectivity index (χ4n) is 1.71. The van der Waals surface area contributed by atoms with Crippen molar-refractivity contribution in [1.29, 1.82) is 0 Å². The van der Waals surface area contributed by atoms with E-state index in [-0.39, 0.29) is 5.41 Å². The number of amidine groups is 1. The second-order valence-corrected chi connectivity index (χ2v) is 6.11. The summed E-state index contributed by atoms with van der Waals surface area (Å²) in [7, 11) is 0. The number of unbranched alkanes of at least 4 members (excludes halogenated alkanes) is 1. The highest BCUT2D eigenvalue weighted by atomic mass is 32.1. The Balaban J connectivity index is 2.08. The largest absolute Gasteiger partial charge is 0.409 e. The third-order valence-corrected chi connectivity index (χ3v) is 3.96. The van der Waals surface area contributed by atoms with Gasteiger partial charge in [-0.2, -0.15) is 0 Å². The highest BCUT2D eigenvalue weighted by Crippen LogP contribution is 2.23. The van der Waals surface area contributed by atoms with Gasteiger partial charge in [0.25, 0.3) is 0 Å². The molecule has 0 bridgehead atoms. The van der Waals surface area contributed by atoms with Crippen molar-refractivity contribution in [2.75, 3.05) is 6.54 Å². The molecule has 0 fully saturated rings. The van der Waals surface area contributed by atoms with Gasteiger partial charge in [0.05, 0.1) is 0 Å². The van der Waals surface area contributed by atoms with E-state index in [9.17, 15) is 0 Å². The topological polar surface area (TPSA) is 70.6 Å². The van der Waals surface area contributed by atoms with E-state index in [2.05, 4.69) is 28.0 Å². The van der Waals surface area contributed by atoms with Crippen molar-refractivity contribution in [2.45, 2.75) is 39.7 Å². The molecule has 0 radical (unpaired) electrons. The van der Waals surface area contributed by atoms with E-state index in [1.165, 1.54) is 4.88 Å². The Bertz CT molecular complexity index is 360. The fraction of sp³-hybridized carbons (Fsp3) is 0.615. The number of oxime groups is 1. The Morgan fingerprint density at radius 2 is 2.28 bits per heavy atom. The SMILES string of the molecule is CC(C)(CCCCNCc1cccs1)/C(N)=N/O. The van der Waals surface area contributed by atoms with Crippen LogP contribution >= 0.6 is 11.3 Å². The van der Waals surface area contributed by atoms with Crippen LogP contribution in [-0.2, 0) is 6.54 Å². The van der Waals surface area contributed by atoms with Gasteiger partial charge in [0.2, 0.25) is 0 Å². The molecule has 0 amide bonds. The van der Waals surface area contributed by atoms with E-state index >= 15 is 0 Å². The lowest BCUT2D eigenvalue weighted by molar-refractivity contribution is 0.304. The van der Waals surface area contributed by atoms with Crippen LogP contribution in [-0.4, -0.2) is 17.6 Å². The van der Waals surface area contributed by atoms with E-state index in [1.807, 2.05) is 13.8 Å². The highest BCUT2D eigenvalue weighted by Gasteiger charge is 2.22. The van der Waals surface area contributed by atoms with Gasteiger partial charge < -0.3 is 16.3 Å². The Morgan fingerprint density at radius 3 is 2.89 bits per heavy atom. The molecule has 0 saturated carbocycles. The molecule has 0 saturated heterocycles. The second kappa shape index (κ2) is 7.38. The summed E-state index contributed by atoms with van der Waals surface area (Å²) in [6.07, 6.45) is 3.11. The third kappa shape index (κ3) is 5.06. The van der Waals surface area contributed by atoms with Gasteiger partial charge in [-0.15, -0.1) is 11.3 Å². The Labute approximate surface area is 113 Å². The zero-order valence-electron chi connectivity index (χ0n) is 11.1. The van der Waals surface area contributed by atoms with E-state index in [0.717, 1.165) is 32.4 Å². The molecular weight excluding hydrogens is 246 g/mol. The van der Waals surface area contributed by atoms with E-state index in [0.29, 0.717) is 5.84 Å². The first-order valence-electron chi connectivity index (χ1n) is 6.27. The summed E-state index contributed by atoms with van der Waals surface area (Å²) in [5.74, 6) is 0.314. The van der Waals surface area contributed by atoms with Crippen molar-refractivity contribution in [3.63, 3.8) is 0 Å². The molecule has 0 aliphatic rings. The maximum absolute atomic E-state index is 8.67. The second-order valence-electron chi connectivity index (χ2n) is 5.08. The third-order valence-electron chi connectivity index (χ3n) is 3.09. The zero-order valence-corrected chi connectivity index (χ0v) is 12.0. The molecule has 1 aromatic rings. The average molecular weight is 269 g/mol. The van der Waals surface area contributed by atoms with Gasteiger partial charge >= 0.3 is 0 Å². The van der Waals surface area contributed by atoms with Gasteiger partial charge in [-0.1, -0.05) is 31.5 Å². The molecule has 4 nitrogen and oxygen atoms in total. The molecule has 1 heterocycles. The standard InChI is InChI=1S/C13H23N3OS/c1-13(2,12(14)16-17)7-3-4-8-15-10-11-6-5-9-18-11/h5-6,9,15,17H,3-4,7-8,10H2,1-2H3,(H2,14,16). The van der Waals surface area contributed by atoms with Crippen molar-refractivity contribution < 1.29 is 5.21 Å². The molecule has 0 aliphatic heterocycles. The quantitative estimate of drug-likeness (QED) is 0.223. The number of hydrogen-bond acceptors (Lipinski definition) is 4. The van der Waals surface area contributed by atoms with Crippen LogP contribution in [0.5, 0.6) is 0 Å². The van der Waals surface area contributed by atoms with Crippen molar-refractivity contribution in [3.8, 4) is 0 Å². The van der Waals surface area contributed by atoms with Gasteiger partial charge in [0, 0.05) is 16.8 Å². The highest BCUT2D eigenvalue weighted by molar-refractivity contribution is 7.09. The van der Waals surface area contributed by atoms with Crippen LogP contribution in [0.4, 0.5) is 0 Å². The van der Waals surface area contributed by atoms with E-state index in [1.54, 1.807) is 11.3 Å². The van der Waals surface area contributed by atoms with Crippen molar-refractivity contribution in [1.82, 2.24) is 5.32 Å². The van der Waals surface area contributed by atoms with Crippen LogP contribution in [0, 0.1) is 5.41 Å². The summed E-state index contributed by atoms with van der Waals surface area (Å²) < 4.78 is 0. The predicted octanol–water partition coefficient (Wildman–Crippen LogP) is 2.78. The maximum atomic E-state index is 8.67. The molecule has 102 valence electrons. The van der Waals surface area contributed by atoms with Crippen LogP contribution < -0.4 is 11.1 Å². The summed E-state index contributed by atoms with van der Waals surface area (Å²) in [4.78, 5) is 1.37. The molecule has 0 aliphatic carbocycles. The lowest BCUT2D eigenvalue weighted by Crippen LogP contribution is -2.32. The zero-order chi connectivity index (χ0) is 13.4. The summed E-state index contributed by atoms with van der Waals surface area (Å²) in [6, 6.07) is 4.21. The normalized spacial score (nSPS) is 12.9. The van der Waals surface area contributed by atoms with Crippen molar-refractivity contribution in [3.05, 3.63) is 22.4 Å². The summed E-state index contributed by atoms with van der Waals surface area (Å²) >= 11 is 1.78. The first-order valence-corrected chi connectivity index (χ1v) is 7.15. The van der Waals surface area contributed by atoms with Crippen LogP contribution in [0.3, 0.4) is 0 Å². The van der Waals surface area contributed by atoms with Crippen LogP contribution in [0.15, 0.2) is 22.7 Å². The fourth-order valence-corrected chi connectivity index (χ4v) is 2.38. The first kappa shape index (κ1) is 15.0. The average Bonchev–Trinajstić information content (AvgIpc) is 2.85. The number of nitrogens with two attached hydrogens (primary N) is 1. The van der Waals surface area contributed by atoms with Gasteiger partial charge in [0.1, 0.15) is 5.84 Å². The van der Waals surface area contributed by atoms with E-state index in [4.69, 9.17) is 10.9 Å². The Morgan fingerprint density at radius 1 is 1.50 bits per heavy atom. The minimum Gasteiger partial charge on any atom is -0.409 e. The Hall–Kier alpha value is -1.07. The molecular formula is C13H23N3OS. The molecule has 0 spiro atoms. The first-order chi connectivity index (χ1) is 8.56. The van der Waals surface area contributed by atoms with Crippen molar-refractivity contribution >= 4 is 17.2 Å². The maximum Gasteiger partial charge on any atom is 0.144 e. The van der Waals surface area contributed by atoms with Gasteiger partial charge in [0.15, 0.2) is 0 Å². The summed E-state index contributed by atoms with van der Waals surface area (Å²) in [6.45, 7) is 5.95. The van der Waals surface area contributed by atoms with Crippen LogP contribution in [0.25, 0.3) is 0 Å². The lowest BCUT2D eigenvalue weighted by Gasteiger charge is -2.22. The smallest absolute Gasteiger partial charge is 0.144 e. The van der Waals surface area contributed by atoms with Gasteiger partial charge in [-0.3, -0.25) is 0 Å². The lowest BCUT2D eigenvalue weighted by atomic mass is 9.86.